The van der Waals surface area contributed by atoms with E-state index in [2.05, 4.69) is 10.6 Å². The van der Waals surface area contributed by atoms with Crippen molar-refractivity contribution in [3.05, 3.63) is 0 Å². The summed E-state index contributed by atoms with van der Waals surface area (Å²) in [7, 11) is 0. The van der Waals surface area contributed by atoms with Crippen LogP contribution < -0.4 is 31.8 Å². The van der Waals surface area contributed by atoms with Crippen molar-refractivity contribution in [3.8, 4) is 0 Å². The summed E-state index contributed by atoms with van der Waals surface area (Å²) < 4.78 is -0.0616. The van der Waals surface area contributed by atoms with E-state index in [0.29, 0.717) is 0 Å². The number of hydrogen-bond acceptors (Lipinski definition) is 7. The Morgan fingerprint density at radius 3 is 1.78 bits per heavy atom. The predicted octanol–water partition coefficient (Wildman–Crippen LogP) is -3.22. The third-order valence-corrected chi connectivity index (χ3v) is 6.14. The first-order valence-electron chi connectivity index (χ1n) is 6.54. The summed E-state index contributed by atoms with van der Waals surface area (Å²) in [6.45, 7) is 3.97. The first-order chi connectivity index (χ1) is 10.7. The van der Waals surface area contributed by atoms with E-state index < -0.39 is 33.3 Å². The van der Waals surface area contributed by atoms with E-state index >= 15 is 0 Å². The molecule has 132 valence electrons. The Balaban J connectivity index is 4.73. The summed E-state index contributed by atoms with van der Waals surface area (Å²) in [6, 6.07) is -1.51. The second kappa shape index (κ2) is 11.8. The van der Waals surface area contributed by atoms with Crippen LogP contribution in [-0.2, 0) is 24.0 Å². The van der Waals surface area contributed by atoms with Gasteiger partial charge in [-0.3, -0.25) is 0 Å². The summed E-state index contributed by atoms with van der Waals surface area (Å²) >= 11 is 1.12. The number of halogens is 1. The van der Waals surface area contributed by atoms with Crippen molar-refractivity contribution in [2.24, 2.45) is 0 Å². The average Bonchev–Trinajstić information content (AvgIpc) is 2.45. The molecule has 0 aliphatic carbocycles. The van der Waals surface area contributed by atoms with Gasteiger partial charge >= 0.3 is 154 Å². The molecule has 2 atom stereocenters. The molecule has 0 spiro atoms. The molecule has 0 radical (unpaired) electrons. The van der Waals surface area contributed by atoms with Crippen LogP contribution in [0.25, 0.3) is 0 Å². The van der Waals surface area contributed by atoms with E-state index in [0.717, 1.165) is 23.5 Å². The van der Waals surface area contributed by atoms with Gasteiger partial charge in [0.25, 0.3) is 0 Å². The molecule has 2 unspecified atom stereocenters. The Kier molecular flexibility index (Phi) is 11.5. The number of hydrogen-bond donors (Lipinski definition) is 2. The van der Waals surface area contributed by atoms with Crippen LogP contribution in [0.4, 0.5) is 0 Å². The predicted molar refractivity (Wildman–Crippen MR) is 86.7 cm³/mol. The number of thioether (sulfide) groups is 2. The molecule has 0 heterocycles. The number of rotatable bonds is 9. The Hall–Kier alpha value is -0.620. The third-order valence-electron chi connectivity index (χ3n) is 2.35. The van der Waals surface area contributed by atoms with Gasteiger partial charge in [0.2, 0.25) is 0 Å². The number of alkyl halides is 1. The van der Waals surface area contributed by atoms with Crippen LogP contribution in [0.3, 0.4) is 0 Å². The first-order valence-corrected chi connectivity index (χ1v) is 11.8. The Labute approximate surface area is 154 Å². The van der Waals surface area contributed by atoms with Crippen molar-refractivity contribution >= 4 is 49.4 Å². The van der Waals surface area contributed by atoms with E-state index in [1.54, 1.807) is 4.93 Å². The van der Waals surface area contributed by atoms with E-state index in [1.165, 1.54) is 20.8 Å². The van der Waals surface area contributed by atoms with E-state index in [9.17, 15) is 24.0 Å². The first kappa shape index (κ1) is 22.4. The van der Waals surface area contributed by atoms with Crippen molar-refractivity contribution in [2.75, 3.05) is 16.4 Å². The fraction of sp³-hybridized carbons (Fsp3) is 0.615. The zero-order valence-corrected chi connectivity index (χ0v) is 17.1. The maximum absolute atomic E-state index is 12.2. The number of amides is 2. The zero-order valence-electron chi connectivity index (χ0n) is 13.3. The van der Waals surface area contributed by atoms with Gasteiger partial charge in [-0.2, -0.15) is 0 Å². The summed E-state index contributed by atoms with van der Waals surface area (Å²) in [4.78, 5) is 59.1. The molecular formula is C13H20IN2O5S2-. The average molecular weight is 475 g/mol. The van der Waals surface area contributed by atoms with Crippen LogP contribution in [0.2, 0.25) is 0 Å². The molecule has 0 aromatic rings. The van der Waals surface area contributed by atoms with Gasteiger partial charge in [-0.25, -0.2) is 0 Å². The molecule has 0 aliphatic rings. The zero-order chi connectivity index (χ0) is 18.0. The Bertz CT molecular complexity index is 487. The van der Waals surface area contributed by atoms with E-state index in [-0.39, 0.29) is 37.3 Å². The summed E-state index contributed by atoms with van der Waals surface area (Å²) in [5, 5.41) is 4.54. The summed E-state index contributed by atoms with van der Waals surface area (Å²) in [5.74, 6) is -0.451. The van der Waals surface area contributed by atoms with Crippen molar-refractivity contribution < 1.29 is 45.2 Å². The molecule has 2 amide bonds. The number of carbonyl (C=O) groups excluding carboxylic acids is 5. The number of carbonyl (C=O) groups is 5. The minimum atomic E-state index is -0.809. The summed E-state index contributed by atoms with van der Waals surface area (Å²) in [5.41, 5.74) is 0. The van der Waals surface area contributed by atoms with E-state index in [4.69, 9.17) is 0 Å². The molecule has 0 aromatic carbocycles. The molecule has 0 aromatic heterocycles. The molecule has 10 heteroatoms. The van der Waals surface area contributed by atoms with Gasteiger partial charge in [0, 0.05) is 0 Å². The van der Waals surface area contributed by atoms with Crippen LogP contribution >= 0.6 is 23.5 Å². The van der Waals surface area contributed by atoms with Gasteiger partial charge < -0.3 is 0 Å². The second-order valence-corrected chi connectivity index (χ2v) is 8.80. The van der Waals surface area contributed by atoms with Crippen molar-refractivity contribution in [3.63, 3.8) is 0 Å². The van der Waals surface area contributed by atoms with E-state index in [1.807, 2.05) is 0 Å². The van der Waals surface area contributed by atoms with Crippen LogP contribution in [0.1, 0.15) is 20.8 Å². The van der Waals surface area contributed by atoms with Crippen LogP contribution in [-0.4, -0.2) is 54.4 Å². The molecule has 7 nitrogen and oxygen atoms in total. The topological polar surface area (TPSA) is 109 Å². The molecule has 23 heavy (non-hydrogen) atoms. The molecule has 0 aliphatic heterocycles. The Morgan fingerprint density at radius 2 is 1.35 bits per heavy atom. The minimum absolute atomic E-state index is 0.0616. The van der Waals surface area contributed by atoms with Gasteiger partial charge in [-0.1, -0.05) is 0 Å². The van der Waals surface area contributed by atoms with Crippen molar-refractivity contribution in [2.45, 2.75) is 32.9 Å². The van der Waals surface area contributed by atoms with Crippen LogP contribution in [0.15, 0.2) is 0 Å². The number of nitrogens with one attached hydrogen (secondary N) is 2. The molecule has 0 bridgehead atoms. The monoisotopic (exact) mass is 475 g/mol. The quantitative estimate of drug-likeness (QED) is 0.205. The standard InChI is InChI=1S/C13H20IN2O5S2/c1-7(17)15-10(12(20)14-4)5-23-13(21)11(16-8(2)18)6-22-9(3)19/h10-11H,5-6H2,1-4H3,(H,15,17)(H,16,18)/q-1. The SMILES string of the molecule is C[I-]C(=O)C(CSC(=O)C(CSC(C)=O)NC(C)=O)NC(C)=O. The molecule has 0 rings (SSSR count). The summed E-state index contributed by atoms with van der Waals surface area (Å²) in [6.07, 6.45) is 0. The third kappa shape index (κ3) is 10.7. The molecule has 0 fully saturated rings. The van der Waals surface area contributed by atoms with Crippen molar-refractivity contribution in [1.29, 1.82) is 0 Å². The Morgan fingerprint density at radius 1 is 0.870 bits per heavy atom. The van der Waals surface area contributed by atoms with Crippen LogP contribution in [0.5, 0.6) is 0 Å². The molecule has 2 N–H and O–H groups in total. The van der Waals surface area contributed by atoms with Gasteiger partial charge in [-0.15, -0.1) is 0 Å². The maximum atomic E-state index is 12.2. The van der Waals surface area contributed by atoms with Gasteiger partial charge in [0.15, 0.2) is 0 Å². The molecule has 0 saturated heterocycles. The van der Waals surface area contributed by atoms with Crippen LogP contribution in [0, 0.1) is 0 Å². The van der Waals surface area contributed by atoms with Gasteiger partial charge in [-0.05, 0) is 0 Å². The fourth-order valence-electron chi connectivity index (χ4n) is 1.42. The van der Waals surface area contributed by atoms with Gasteiger partial charge in [0.05, 0.1) is 0 Å². The second-order valence-electron chi connectivity index (χ2n) is 4.43. The molecular weight excluding hydrogens is 455 g/mol. The molecule has 0 saturated carbocycles. The van der Waals surface area contributed by atoms with Gasteiger partial charge in [0.1, 0.15) is 0 Å². The van der Waals surface area contributed by atoms with Crippen molar-refractivity contribution in [1.82, 2.24) is 10.6 Å². The fourth-order valence-corrected chi connectivity index (χ4v) is 4.50. The normalized spacial score (nSPS) is 13.0.